The Morgan fingerprint density at radius 2 is 2.15 bits per heavy atom. The van der Waals surface area contributed by atoms with E-state index in [4.69, 9.17) is 0 Å². The summed E-state index contributed by atoms with van der Waals surface area (Å²) >= 11 is 0. The molecule has 1 N–H and O–H groups in total. The van der Waals surface area contributed by atoms with Crippen LogP contribution in [0.4, 0.5) is 4.39 Å². The monoisotopic (exact) mass is 179 g/mol. The van der Waals surface area contributed by atoms with Gasteiger partial charge in [-0.05, 0) is 42.6 Å². The molecule has 0 radical (unpaired) electrons. The van der Waals surface area contributed by atoms with E-state index in [0.29, 0.717) is 6.04 Å². The average Bonchev–Trinajstić information content (AvgIpc) is 2.46. The number of benzene rings is 1. The fourth-order valence-electron chi connectivity index (χ4n) is 2.02. The predicted octanol–water partition coefficient (Wildman–Crippen LogP) is 1.90. The molecule has 0 aliphatic heterocycles. The Balaban J connectivity index is 2.16. The molecule has 0 heterocycles. The molecule has 1 aliphatic rings. The van der Waals surface area contributed by atoms with E-state index >= 15 is 0 Å². The van der Waals surface area contributed by atoms with Crippen molar-refractivity contribution in [3.63, 3.8) is 0 Å². The molecule has 0 saturated heterocycles. The maximum absolute atomic E-state index is 12.9. The maximum atomic E-state index is 12.9. The zero-order valence-corrected chi connectivity index (χ0v) is 7.81. The van der Waals surface area contributed by atoms with Gasteiger partial charge in [0.05, 0.1) is 0 Å². The van der Waals surface area contributed by atoms with E-state index in [9.17, 15) is 4.39 Å². The number of hydrogen-bond acceptors (Lipinski definition) is 1. The van der Waals surface area contributed by atoms with E-state index < -0.39 is 0 Å². The smallest absolute Gasteiger partial charge is 0.123 e. The first-order valence-corrected chi connectivity index (χ1v) is 4.80. The molecule has 13 heavy (non-hydrogen) atoms. The van der Waals surface area contributed by atoms with Crippen LogP contribution in [-0.4, -0.2) is 12.6 Å². The third-order valence-electron chi connectivity index (χ3n) is 2.59. The fourth-order valence-corrected chi connectivity index (χ4v) is 2.02. The van der Waals surface area contributed by atoms with Gasteiger partial charge in [0.2, 0.25) is 0 Å². The van der Waals surface area contributed by atoms with E-state index in [2.05, 4.69) is 12.2 Å². The Morgan fingerprint density at radius 1 is 1.38 bits per heavy atom. The largest absolute Gasteiger partial charge is 0.314 e. The van der Waals surface area contributed by atoms with E-state index in [-0.39, 0.29) is 5.82 Å². The van der Waals surface area contributed by atoms with Gasteiger partial charge in [0.15, 0.2) is 0 Å². The summed E-state index contributed by atoms with van der Waals surface area (Å²) < 4.78 is 12.9. The molecule has 2 heteroatoms. The fraction of sp³-hybridized carbons (Fsp3) is 0.455. The summed E-state index contributed by atoms with van der Waals surface area (Å²) in [4.78, 5) is 0. The Kier molecular flexibility index (Phi) is 2.32. The lowest BCUT2D eigenvalue weighted by Crippen LogP contribution is -2.28. The summed E-state index contributed by atoms with van der Waals surface area (Å²) in [5, 5.41) is 3.39. The van der Waals surface area contributed by atoms with Gasteiger partial charge in [0, 0.05) is 6.04 Å². The highest BCUT2D eigenvalue weighted by molar-refractivity contribution is 5.33. The van der Waals surface area contributed by atoms with Crippen LogP contribution in [0.15, 0.2) is 18.2 Å². The van der Waals surface area contributed by atoms with Crippen molar-refractivity contribution in [2.75, 3.05) is 6.54 Å². The topological polar surface area (TPSA) is 12.0 Å². The van der Waals surface area contributed by atoms with Gasteiger partial charge < -0.3 is 5.32 Å². The van der Waals surface area contributed by atoms with Crippen LogP contribution < -0.4 is 5.32 Å². The molecule has 1 unspecified atom stereocenters. The Morgan fingerprint density at radius 3 is 2.92 bits per heavy atom. The first-order valence-electron chi connectivity index (χ1n) is 4.80. The second-order valence-corrected chi connectivity index (χ2v) is 3.58. The van der Waals surface area contributed by atoms with E-state index in [1.54, 1.807) is 12.1 Å². The molecule has 0 bridgehead atoms. The van der Waals surface area contributed by atoms with Crippen molar-refractivity contribution < 1.29 is 4.39 Å². The number of fused-ring (bicyclic) bond motifs is 1. The summed E-state index contributed by atoms with van der Waals surface area (Å²) in [7, 11) is 0. The molecule has 0 amide bonds. The molecule has 1 nitrogen and oxygen atoms in total. The third kappa shape index (κ3) is 1.73. The molecule has 0 spiro atoms. The lowest BCUT2D eigenvalue weighted by Gasteiger charge is -2.08. The lowest BCUT2D eigenvalue weighted by atomic mass is 10.1. The van der Waals surface area contributed by atoms with Gasteiger partial charge in [-0.25, -0.2) is 4.39 Å². The number of likely N-dealkylation sites (N-methyl/N-ethyl adjacent to an activating group) is 1. The predicted molar refractivity (Wildman–Crippen MR) is 51.3 cm³/mol. The summed E-state index contributed by atoms with van der Waals surface area (Å²) in [5.41, 5.74) is 2.47. The van der Waals surface area contributed by atoms with Gasteiger partial charge in [0.1, 0.15) is 5.82 Å². The Labute approximate surface area is 78.0 Å². The molecular formula is C11H14FN. The minimum atomic E-state index is -0.115. The molecule has 1 atom stereocenters. The molecule has 0 aromatic heterocycles. The molecular weight excluding hydrogens is 165 g/mol. The van der Waals surface area contributed by atoms with Crippen LogP contribution in [0.2, 0.25) is 0 Å². The van der Waals surface area contributed by atoms with Crippen LogP contribution in [0.25, 0.3) is 0 Å². The molecule has 1 aromatic rings. The quantitative estimate of drug-likeness (QED) is 0.731. The van der Waals surface area contributed by atoms with Gasteiger partial charge in [-0.2, -0.15) is 0 Å². The first kappa shape index (κ1) is 8.70. The zero-order chi connectivity index (χ0) is 9.26. The summed E-state index contributed by atoms with van der Waals surface area (Å²) in [6.07, 6.45) is 2.02. The minimum Gasteiger partial charge on any atom is -0.314 e. The van der Waals surface area contributed by atoms with Gasteiger partial charge in [-0.15, -0.1) is 0 Å². The molecule has 1 aromatic carbocycles. The highest BCUT2D eigenvalue weighted by Crippen LogP contribution is 2.22. The minimum absolute atomic E-state index is 0.115. The van der Waals surface area contributed by atoms with Crippen molar-refractivity contribution in [3.8, 4) is 0 Å². The molecule has 0 saturated carbocycles. The van der Waals surface area contributed by atoms with Crippen LogP contribution in [0.1, 0.15) is 18.1 Å². The highest BCUT2D eigenvalue weighted by Gasteiger charge is 2.20. The molecule has 70 valence electrons. The SMILES string of the molecule is CCNC1Cc2ccc(F)cc2C1. The maximum Gasteiger partial charge on any atom is 0.123 e. The Hall–Kier alpha value is -0.890. The number of rotatable bonds is 2. The van der Waals surface area contributed by atoms with Crippen LogP contribution in [0.3, 0.4) is 0 Å². The van der Waals surface area contributed by atoms with Gasteiger partial charge in [-0.1, -0.05) is 13.0 Å². The van der Waals surface area contributed by atoms with Crippen LogP contribution in [-0.2, 0) is 12.8 Å². The van der Waals surface area contributed by atoms with Crippen LogP contribution in [0, 0.1) is 5.82 Å². The van der Waals surface area contributed by atoms with Gasteiger partial charge in [0.25, 0.3) is 0 Å². The molecule has 2 rings (SSSR count). The van der Waals surface area contributed by atoms with Crippen LogP contribution in [0.5, 0.6) is 0 Å². The van der Waals surface area contributed by atoms with E-state index in [1.165, 1.54) is 11.1 Å². The van der Waals surface area contributed by atoms with Crippen molar-refractivity contribution in [1.29, 1.82) is 0 Å². The zero-order valence-electron chi connectivity index (χ0n) is 7.81. The highest BCUT2D eigenvalue weighted by atomic mass is 19.1. The second kappa shape index (κ2) is 3.46. The van der Waals surface area contributed by atoms with Gasteiger partial charge in [-0.3, -0.25) is 0 Å². The summed E-state index contributed by atoms with van der Waals surface area (Å²) in [6, 6.07) is 5.63. The van der Waals surface area contributed by atoms with E-state index in [0.717, 1.165) is 19.4 Å². The van der Waals surface area contributed by atoms with Crippen molar-refractivity contribution in [3.05, 3.63) is 35.1 Å². The third-order valence-corrected chi connectivity index (χ3v) is 2.59. The number of halogens is 1. The standard InChI is InChI=1S/C11H14FN/c1-2-13-11-6-8-3-4-10(12)5-9(8)7-11/h3-5,11,13H,2,6-7H2,1H3. The average molecular weight is 179 g/mol. The second-order valence-electron chi connectivity index (χ2n) is 3.58. The summed E-state index contributed by atoms with van der Waals surface area (Å²) in [6.45, 7) is 3.09. The molecule has 1 aliphatic carbocycles. The first-order chi connectivity index (χ1) is 6.29. The van der Waals surface area contributed by atoms with E-state index in [1.807, 2.05) is 6.07 Å². The molecule has 0 fully saturated rings. The lowest BCUT2D eigenvalue weighted by molar-refractivity contribution is 0.551. The van der Waals surface area contributed by atoms with Crippen molar-refractivity contribution in [2.45, 2.75) is 25.8 Å². The van der Waals surface area contributed by atoms with Crippen molar-refractivity contribution in [2.24, 2.45) is 0 Å². The van der Waals surface area contributed by atoms with Crippen LogP contribution >= 0.6 is 0 Å². The summed E-state index contributed by atoms with van der Waals surface area (Å²) in [5.74, 6) is -0.115. The Bertz CT molecular complexity index is 309. The van der Waals surface area contributed by atoms with Crippen molar-refractivity contribution >= 4 is 0 Å². The van der Waals surface area contributed by atoms with Gasteiger partial charge >= 0.3 is 0 Å². The normalized spacial score (nSPS) is 20.3. The van der Waals surface area contributed by atoms with Crippen molar-refractivity contribution in [1.82, 2.24) is 5.32 Å². The number of nitrogens with one attached hydrogen (secondary N) is 1. The number of hydrogen-bond donors (Lipinski definition) is 1.